The zero-order valence-corrected chi connectivity index (χ0v) is 14.5. The first kappa shape index (κ1) is 20.6. The van der Waals surface area contributed by atoms with Crippen LogP contribution in [0.15, 0.2) is 38.9 Å². The van der Waals surface area contributed by atoms with Crippen molar-refractivity contribution in [3.63, 3.8) is 0 Å². The van der Waals surface area contributed by atoms with Gasteiger partial charge in [0.15, 0.2) is 0 Å². The maximum absolute atomic E-state index is 12.9. The first-order chi connectivity index (χ1) is 12.0. The van der Waals surface area contributed by atoms with E-state index in [1.807, 2.05) is 0 Å². The van der Waals surface area contributed by atoms with Crippen molar-refractivity contribution in [3.8, 4) is 0 Å². The Morgan fingerprint density at radius 2 is 1.69 bits per heavy atom. The molecule has 0 unspecified atom stereocenters. The van der Waals surface area contributed by atoms with Crippen LogP contribution >= 0.6 is 11.8 Å². The standard InChI is InChI=1S/C16H16F6N2OS/c1-2-26-12-7-9(15(17,18)19)3-5-11(12)14(25)24-13-6-4-10(8-23-13)16(20,21)22/h7-8H,2-6H2,1H3,(H,23,24,25). The van der Waals surface area contributed by atoms with E-state index in [2.05, 4.69) is 10.3 Å². The summed E-state index contributed by atoms with van der Waals surface area (Å²) in [6.45, 7) is 1.75. The van der Waals surface area contributed by atoms with Gasteiger partial charge in [-0.3, -0.25) is 4.79 Å². The van der Waals surface area contributed by atoms with E-state index in [9.17, 15) is 31.1 Å². The number of rotatable bonds is 3. The quantitative estimate of drug-likeness (QED) is 0.678. The number of amides is 1. The SMILES string of the molecule is CCSC1=C(C(=O)NC2=NC=C(C(F)(F)F)CC2)CCC(C(F)(F)F)=C1. The predicted octanol–water partition coefficient (Wildman–Crippen LogP) is 5.03. The first-order valence-electron chi connectivity index (χ1n) is 7.80. The Kier molecular flexibility index (Phi) is 6.25. The average Bonchev–Trinajstić information content (AvgIpc) is 2.54. The Labute approximate surface area is 150 Å². The third-order valence-electron chi connectivity index (χ3n) is 3.81. The van der Waals surface area contributed by atoms with Crippen molar-refractivity contribution in [1.82, 2.24) is 5.32 Å². The number of aliphatic imine (C=N–C) groups is 1. The van der Waals surface area contributed by atoms with Crippen LogP contribution in [0.3, 0.4) is 0 Å². The molecular weight excluding hydrogens is 382 g/mol. The minimum atomic E-state index is -4.46. The Morgan fingerprint density at radius 1 is 1.08 bits per heavy atom. The van der Waals surface area contributed by atoms with Crippen molar-refractivity contribution >= 4 is 23.5 Å². The van der Waals surface area contributed by atoms with Gasteiger partial charge in [-0.25, -0.2) is 4.99 Å². The lowest BCUT2D eigenvalue weighted by atomic mass is 9.97. The summed E-state index contributed by atoms with van der Waals surface area (Å²) in [5.41, 5.74) is -1.29. The normalized spacial score (nSPS) is 19.0. The summed E-state index contributed by atoms with van der Waals surface area (Å²) in [6, 6.07) is 0. The summed E-state index contributed by atoms with van der Waals surface area (Å²) in [5, 5.41) is 2.42. The lowest BCUT2D eigenvalue weighted by Crippen LogP contribution is -2.34. The smallest absolute Gasteiger partial charge is 0.310 e. The molecule has 1 heterocycles. The van der Waals surface area contributed by atoms with Gasteiger partial charge in [-0.15, -0.1) is 11.8 Å². The van der Waals surface area contributed by atoms with Crippen molar-refractivity contribution < 1.29 is 31.1 Å². The van der Waals surface area contributed by atoms with E-state index < -0.39 is 29.4 Å². The maximum atomic E-state index is 12.9. The molecule has 2 aliphatic rings. The molecule has 2 rings (SSSR count). The highest BCUT2D eigenvalue weighted by Crippen LogP contribution is 2.39. The van der Waals surface area contributed by atoms with Crippen LogP contribution in [0.4, 0.5) is 26.3 Å². The Hall–Kier alpha value is -1.71. The fourth-order valence-electron chi connectivity index (χ4n) is 2.49. The van der Waals surface area contributed by atoms with E-state index in [0.29, 0.717) is 12.0 Å². The van der Waals surface area contributed by atoms with Crippen LogP contribution in [0.5, 0.6) is 0 Å². The third-order valence-corrected chi connectivity index (χ3v) is 4.78. The van der Waals surface area contributed by atoms with Crippen molar-refractivity contribution in [2.45, 2.75) is 45.0 Å². The molecule has 3 nitrogen and oxygen atoms in total. The summed E-state index contributed by atoms with van der Waals surface area (Å²) < 4.78 is 76.3. The third kappa shape index (κ3) is 5.15. The lowest BCUT2D eigenvalue weighted by molar-refractivity contribution is -0.116. The molecule has 26 heavy (non-hydrogen) atoms. The zero-order chi connectivity index (χ0) is 19.5. The Balaban J connectivity index is 2.19. The van der Waals surface area contributed by atoms with Crippen molar-refractivity contribution in [2.75, 3.05) is 5.75 Å². The first-order valence-corrected chi connectivity index (χ1v) is 8.79. The van der Waals surface area contributed by atoms with Crippen LogP contribution in [-0.2, 0) is 4.79 Å². The van der Waals surface area contributed by atoms with Crippen molar-refractivity contribution in [1.29, 1.82) is 0 Å². The van der Waals surface area contributed by atoms with Crippen LogP contribution in [0.25, 0.3) is 0 Å². The highest BCUT2D eigenvalue weighted by atomic mass is 32.2. The zero-order valence-electron chi connectivity index (χ0n) is 13.7. The molecule has 144 valence electrons. The molecule has 0 bridgehead atoms. The van der Waals surface area contributed by atoms with Gasteiger partial charge in [-0.1, -0.05) is 6.92 Å². The van der Waals surface area contributed by atoms with E-state index in [1.165, 1.54) is 0 Å². The molecule has 0 radical (unpaired) electrons. The fourth-order valence-corrected chi connectivity index (χ4v) is 3.39. The van der Waals surface area contributed by atoms with Gasteiger partial charge in [0.1, 0.15) is 5.84 Å². The number of carbonyl (C=O) groups excluding carboxylic acids is 1. The average molecular weight is 398 g/mol. The molecule has 0 aromatic rings. The molecule has 0 aromatic carbocycles. The van der Waals surface area contributed by atoms with E-state index in [1.54, 1.807) is 6.92 Å². The van der Waals surface area contributed by atoms with E-state index in [4.69, 9.17) is 0 Å². The molecule has 0 spiro atoms. The summed E-state index contributed by atoms with van der Waals surface area (Å²) in [7, 11) is 0. The Bertz CT molecular complexity index is 701. The van der Waals surface area contributed by atoms with Crippen LogP contribution in [0.2, 0.25) is 0 Å². The number of carbonyl (C=O) groups is 1. The lowest BCUT2D eigenvalue weighted by Gasteiger charge is -2.22. The van der Waals surface area contributed by atoms with Crippen LogP contribution in [0.1, 0.15) is 32.6 Å². The number of allylic oxidation sites excluding steroid dienone is 3. The second kappa shape index (κ2) is 7.89. The van der Waals surface area contributed by atoms with Gasteiger partial charge in [0.2, 0.25) is 0 Å². The second-order valence-electron chi connectivity index (χ2n) is 5.63. The Morgan fingerprint density at radius 3 is 2.19 bits per heavy atom. The van der Waals surface area contributed by atoms with E-state index in [0.717, 1.165) is 17.8 Å². The number of amidine groups is 1. The summed E-state index contributed by atoms with van der Waals surface area (Å²) in [6.07, 6.45) is -8.08. The topological polar surface area (TPSA) is 41.5 Å². The van der Waals surface area contributed by atoms with Gasteiger partial charge >= 0.3 is 12.4 Å². The van der Waals surface area contributed by atoms with Gasteiger partial charge in [0.25, 0.3) is 5.91 Å². The van der Waals surface area contributed by atoms with Crippen LogP contribution < -0.4 is 5.32 Å². The van der Waals surface area contributed by atoms with Gasteiger partial charge in [-0.05, 0) is 31.1 Å². The minimum Gasteiger partial charge on any atom is -0.310 e. The predicted molar refractivity (Wildman–Crippen MR) is 87.5 cm³/mol. The highest BCUT2D eigenvalue weighted by Gasteiger charge is 2.37. The maximum Gasteiger partial charge on any atom is 0.414 e. The number of hydrogen-bond acceptors (Lipinski definition) is 3. The monoisotopic (exact) mass is 398 g/mol. The molecule has 1 N–H and O–H groups in total. The molecule has 0 atom stereocenters. The van der Waals surface area contributed by atoms with E-state index in [-0.39, 0.29) is 42.0 Å². The number of alkyl halides is 6. The molecule has 0 saturated carbocycles. The number of nitrogens with zero attached hydrogens (tertiary/aromatic N) is 1. The van der Waals surface area contributed by atoms with E-state index >= 15 is 0 Å². The molecule has 0 fully saturated rings. The fraction of sp³-hybridized carbons (Fsp3) is 0.500. The number of halogens is 6. The van der Waals surface area contributed by atoms with Crippen LogP contribution in [-0.4, -0.2) is 29.8 Å². The van der Waals surface area contributed by atoms with Gasteiger partial charge in [0.05, 0.1) is 5.57 Å². The number of thioether (sulfide) groups is 1. The van der Waals surface area contributed by atoms with Gasteiger partial charge < -0.3 is 5.32 Å². The number of nitrogens with one attached hydrogen (secondary N) is 1. The molecular formula is C16H16F6N2OS. The summed E-state index contributed by atoms with van der Waals surface area (Å²) in [4.78, 5) is 16.2. The van der Waals surface area contributed by atoms with Gasteiger partial charge in [0, 0.05) is 28.7 Å². The molecule has 1 aliphatic heterocycles. The largest absolute Gasteiger partial charge is 0.414 e. The second-order valence-corrected chi connectivity index (χ2v) is 6.93. The van der Waals surface area contributed by atoms with Crippen LogP contribution in [0, 0.1) is 0 Å². The molecule has 0 saturated heterocycles. The summed E-state index contributed by atoms with van der Waals surface area (Å²) in [5.74, 6) is -0.0742. The summed E-state index contributed by atoms with van der Waals surface area (Å²) >= 11 is 1.12. The highest BCUT2D eigenvalue weighted by molar-refractivity contribution is 8.03. The minimum absolute atomic E-state index is 0.0712. The molecule has 0 aromatic heterocycles. The molecule has 1 amide bonds. The molecule has 1 aliphatic carbocycles. The van der Waals surface area contributed by atoms with Gasteiger partial charge in [-0.2, -0.15) is 26.3 Å². The van der Waals surface area contributed by atoms with Crippen molar-refractivity contribution in [3.05, 3.63) is 33.9 Å². The van der Waals surface area contributed by atoms with Crippen molar-refractivity contribution in [2.24, 2.45) is 4.99 Å². The number of hydrogen-bond donors (Lipinski definition) is 1. The molecule has 10 heteroatoms.